The Morgan fingerprint density at radius 2 is 1.93 bits per heavy atom. The van der Waals surface area contributed by atoms with E-state index in [1.807, 2.05) is 13.8 Å². The van der Waals surface area contributed by atoms with Crippen molar-refractivity contribution in [2.75, 3.05) is 7.05 Å². The maximum atomic E-state index is 11.0. The first-order chi connectivity index (χ1) is 5.97. The summed E-state index contributed by atoms with van der Waals surface area (Å²) in [4.78, 5) is 11.0. The molecule has 0 spiro atoms. The summed E-state index contributed by atoms with van der Waals surface area (Å²) in [5.74, 6) is -0.00607. The molecule has 1 amide bonds. The van der Waals surface area contributed by atoms with E-state index in [9.17, 15) is 9.90 Å². The van der Waals surface area contributed by atoms with Crippen molar-refractivity contribution in [1.82, 2.24) is 5.32 Å². The van der Waals surface area contributed by atoms with Crippen LogP contribution in [-0.2, 0) is 24.3 Å². The SMILES string of the molecule is [CH2-]C(CC(O)CC(C)C)C(=O)NC.[Ru+]. The summed E-state index contributed by atoms with van der Waals surface area (Å²) in [7, 11) is 1.58. The first-order valence-electron chi connectivity index (χ1n) is 4.70. The van der Waals surface area contributed by atoms with Gasteiger partial charge in [0.15, 0.2) is 5.91 Å². The van der Waals surface area contributed by atoms with Gasteiger partial charge < -0.3 is 17.3 Å². The normalized spacial score (nSPS) is 14.4. The predicted octanol–water partition coefficient (Wildman–Crippen LogP) is 0.977. The maximum absolute atomic E-state index is 11.0. The molecule has 0 aliphatic rings. The number of carbonyl (C=O) groups excluding carboxylic acids is 1. The molecule has 2 atom stereocenters. The minimum absolute atomic E-state index is 0. The van der Waals surface area contributed by atoms with Crippen molar-refractivity contribution in [2.24, 2.45) is 11.8 Å². The molecule has 0 bridgehead atoms. The molecule has 0 rings (SSSR count). The van der Waals surface area contributed by atoms with E-state index in [1.54, 1.807) is 7.05 Å². The molecule has 2 unspecified atom stereocenters. The predicted molar refractivity (Wildman–Crippen MR) is 53.0 cm³/mol. The van der Waals surface area contributed by atoms with E-state index in [4.69, 9.17) is 0 Å². The summed E-state index contributed by atoms with van der Waals surface area (Å²) >= 11 is 0. The Bertz CT molecular complexity index is 162. The molecular formula is C10H20NO2Ru. The summed E-state index contributed by atoms with van der Waals surface area (Å²) < 4.78 is 0. The second-order valence-electron chi connectivity index (χ2n) is 3.83. The number of amides is 1. The molecule has 14 heavy (non-hydrogen) atoms. The van der Waals surface area contributed by atoms with Crippen LogP contribution in [0.3, 0.4) is 0 Å². The minimum Gasteiger partial charge on any atom is -0.393 e. The molecular weight excluding hydrogens is 267 g/mol. The molecule has 3 nitrogen and oxygen atoms in total. The number of aliphatic hydroxyl groups excluding tert-OH is 1. The summed E-state index contributed by atoms with van der Waals surface area (Å²) in [6.45, 7) is 7.77. The van der Waals surface area contributed by atoms with Gasteiger partial charge in [0.25, 0.3) is 0 Å². The van der Waals surface area contributed by atoms with Crippen LogP contribution < -0.4 is 5.32 Å². The zero-order valence-electron chi connectivity index (χ0n) is 9.06. The van der Waals surface area contributed by atoms with Crippen LogP contribution in [0.25, 0.3) is 0 Å². The van der Waals surface area contributed by atoms with Crippen LogP contribution in [0.15, 0.2) is 0 Å². The van der Waals surface area contributed by atoms with Gasteiger partial charge in [-0.05, 0) is 18.8 Å². The molecule has 0 saturated heterocycles. The number of nitrogens with one attached hydrogen (secondary N) is 1. The van der Waals surface area contributed by atoms with Crippen LogP contribution in [0.1, 0.15) is 26.7 Å². The van der Waals surface area contributed by atoms with E-state index in [1.165, 1.54) is 0 Å². The number of hydrogen-bond donors (Lipinski definition) is 2. The Morgan fingerprint density at radius 3 is 2.29 bits per heavy atom. The fraction of sp³-hybridized carbons (Fsp3) is 0.800. The van der Waals surface area contributed by atoms with Gasteiger partial charge in [-0.25, -0.2) is 0 Å². The van der Waals surface area contributed by atoms with Crippen LogP contribution in [0.5, 0.6) is 0 Å². The number of aliphatic hydroxyl groups is 1. The number of carbonyl (C=O) groups is 1. The molecule has 0 aromatic heterocycles. The van der Waals surface area contributed by atoms with Gasteiger partial charge in [-0.2, -0.15) is 0 Å². The molecule has 4 heteroatoms. The molecule has 0 aliphatic carbocycles. The van der Waals surface area contributed by atoms with Crippen LogP contribution in [0.2, 0.25) is 0 Å². The zero-order chi connectivity index (χ0) is 10.4. The van der Waals surface area contributed by atoms with E-state index in [2.05, 4.69) is 12.2 Å². The van der Waals surface area contributed by atoms with Crippen molar-refractivity contribution in [2.45, 2.75) is 32.8 Å². The monoisotopic (exact) mass is 288 g/mol. The van der Waals surface area contributed by atoms with Crippen molar-refractivity contribution in [1.29, 1.82) is 0 Å². The van der Waals surface area contributed by atoms with Gasteiger partial charge in [0.05, 0.1) is 6.10 Å². The van der Waals surface area contributed by atoms with Crippen LogP contribution in [0, 0.1) is 18.8 Å². The fourth-order valence-corrected chi connectivity index (χ4v) is 1.28. The molecule has 1 radical (unpaired) electrons. The first kappa shape index (κ1) is 16.5. The quantitative estimate of drug-likeness (QED) is 0.585. The molecule has 0 saturated carbocycles. The van der Waals surface area contributed by atoms with Crippen molar-refractivity contribution in [3.05, 3.63) is 6.92 Å². The molecule has 85 valence electrons. The average molecular weight is 287 g/mol. The van der Waals surface area contributed by atoms with Crippen LogP contribution in [-0.4, -0.2) is 24.2 Å². The van der Waals surface area contributed by atoms with Gasteiger partial charge in [-0.1, -0.05) is 19.8 Å². The van der Waals surface area contributed by atoms with Gasteiger partial charge >= 0.3 is 19.5 Å². The Kier molecular flexibility index (Phi) is 9.85. The summed E-state index contributed by atoms with van der Waals surface area (Å²) in [5, 5.41) is 12.0. The van der Waals surface area contributed by atoms with Gasteiger partial charge in [0, 0.05) is 7.05 Å². The van der Waals surface area contributed by atoms with Crippen molar-refractivity contribution in [3.8, 4) is 0 Å². The summed E-state index contributed by atoms with van der Waals surface area (Å²) in [6, 6.07) is 0. The Hall–Kier alpha value is 0.0534. The molecule has 0 aromatic carbocycles. The maximum Gasteiger partial charge on any atom is 1.00 e. The Labute approximate surface area is 99.4 Å². The van der Waals surface area contributed by atoms with E-state index >= 15 is 0 Å². The van der Waals surface area contributed by atoms with E-state index < -0.39 is 6.10 Å². The summed E-state index contributed by atoms with van der Waals surface area (Å²) in [5.41, 5.74) is 0. The van der Waals surface area contributed by atoms with Gasteiger partial charge in [0.1, 0.15) is 0 Å². The minimum atomic E-state index is -0.417. The molecule has 2 N–H and O–H groups in total. The number of hydrogen-bond acceptors (Lipinski definition) is 2. The van der Waals surface area contributed by atoms with Crippen molar-refractivity contribution < 1.29 is 29.4 Å². The zero-order valence-corrected chi connectivity index (χ0v) is 10.8. The van der Waals surface area contributed by atoms with Gasteiger partial charge in [0.2, 0.25) is 0 Å². The van der Waals surface area contributed by atoms with E-state index in [-0.39, 0.29) is 31.3 Å². The summed E-state index contributed by atoms with van der Waals surface area (Å²) in [6.07, 6.45) is 0.751. The smallest absolute Gasteiger partial charge is 0.393 e. The largest absolute Gasteiger partial charge is 1.00 e. The molecule has 0 aliphatic heterocycles. The number of rotatable bonds is 5. The molecule has 0 heterocycles. The van der Waals surface area contributed by atoms with Crippen LogP contribution in [0.4, 0.5) is 0 Å². The third kappa shape index (κ3) is 7.46. The van der Waals surface area contributed by atoms with Gasteiger partial charge in [-0.3, -0.25) is 4.79 Å². The first-order valence-corrected chi connectivity index (χ1v) is 4.70. The average Bonchev–Trinajstić information content (AvgIpc) is 2.01. The van der Waals surface area contributed by atoms with E-state index in [0.717, 1.165) is 6.42 Å². The standard InChI is InChI=1S/C10H20NO2.Ru/c1-7(2)5-9(12)6-8(3)10(13)11-4;/h7-9,12H,3,5-6H2,1-2,4H3,(H,11,13);/q-1;+1. The molecule has 0 aromatic rings. The van der Waals surface area contributed by atoms with Crippen molar-refractivity contribution >= 4 is 5.91 Å². The van der Waals surface area contributed by atoms with E-state index in [0.29, 0.717) is 12.3 Å². The van der Waals surface area contributed by atoms with Crippen LogP contribution >= 0.6 is 0 Å². The van der Waals surface area contributed by atoms with Crippen molar-refractivity contribution in [3.63, 3.8) is 0 Å². The fourth-order valence-electron chi connectivity index (χ4n) is 1.28. The second kappa shape index (κ2) is 8.37. The third-order valence-corrected chi connectivity index (χ3v) is 1.92. The second-order valence-corrected chi connectivity index (χ2v) is 3.83. The Morgan fingerprint density at radius 1 is 1.43 bits per heavy atom. The topological polar surface area (TPSA) is 49.3 Å². The Balaban J connectivity index is 0. The third-order valence-electron chi connectivity index (χ3n) is 1.92. The van der Waals surface area contributed by atoms with Gasteiger partial charge in [-0.15, -0.1) is 0 Å². The molecule has 0 fully saturated rings.